The molecule has 140 valence electrons. The number of carbonyl (C=O) groups excluding carboxylic acids is 1. The lowest BCUT2D eigenvalue weighted by Gasteiger charge is -2.34. The minimum atomic E-state index is 0.223. The maximum atomic E-state index is 12.6. The summed E-state index contributed by atoms with van der Waals surface area (Å²) in [5.74, 6) is 0.539. The maximum Gasteiger partial charge on any atom is 0.223 e. The fourth-order valence-electron chi connectivity index (χ4n) is 4.70. The van der Waals surface area contributed by atoms with Crippen LogP contribution in [0.5, 0.6) is 0 Å². The van der Waals surface area contributed by atoms with Crippen LogP contribution in [-0.2, 0) is 4.79 Å². The van der Waals surface area contributed by atoms with Crippen molar-refractivity contribution in [3.8, 4) is 0 Å². The van der Waals surface area contributed by atoms with Crippen molar-refractivity contribution in [2.75, 3.05) is 6.67 Å². The molecular formula is C22H31N3O. The average Bonchev–Trinajstić information content (AvgIpc) is 3.20. The number of hydrogen-bond donors (Lipinski definition) is 2. The fourth-order valence-corrected chi connectivity index (χ4v) is 4.70. The highest BCUT2D eigenvalue weighted by Gasteiger charge is 2.31. The van der Waals surface area contributed by atoms with Crippen LogP contribution in [0.25, 0.3) is 5.70 Å². The van der Waals surface area contributed by atoms with Gasteiger partial charge in [-0.25, -0.2) is 0 Å². The van der Waals surface area contributed by atoms with E-state index in [-0.39, 0.29) is 5.92 Å². The van der Waals surface area contributed by atoms with Gasteiger partial charge in [-0.05, 0) is 44.1 Å². The molecule has 2 aliphatic carbocycles. The van der Waals surface area contributed by atoms with E-state index in [0.717, 1.165) is 32.4 Å². The molecule has 3 aliphatic rings. The molecule has 0 radical (unpaired) electrons. The van der Waals surface area contributed by atoms with Crippen molar-refractivity contribution in [3.63, 3.8) is 0 Å². The Bertz CT molecular complexity index is 628. The normalized spacial score (nSPS) is 26.9. The molecule has 2 fully saturated rings. The monoisotopic (exact) mass is 353 g/mol. The second kappa shape index (κ2) is 8.15. The van der Waals surface area contributed by atoms with E-state index in [2.05, 4.69) is 52.1 Å². The van der Waals surface area contributed by atoms with Gasteiger partial charge in [-0.15, -0.1) is 0 Å². The molecule has 1 amide bonds. The number of nitrogens with zero attached hydrogens (tertiary/aromatic N) is 1. The summed E-state index contributed by atoms with van der Waals surface area (Å²) >= 11 is 0. The van der Waals surface area contributed by atoms with E-state index in [1.54, 1.807) is 0 Å². The van der Waals surface area contributed by atoms with Gasteiger partial charge in [-0.2, -0.15) is 0 Å². The van der Waals surface area contributed by atoms with Crippen molar-refractivity contribution in [1.82, 2.24) is 15.5 Å². The van der Waals surface area contributed by atoms with E-state index in [1.807, 2.05) is 0 Å². The molecule has 4 nitrogen and oxygen atoms in total. The van der Waals surface area contributed by atoms with Crippen LogP contribution >= 0.6 is 0 Å². The Morgan fingerprint density at radius 2 is 1.69 bits per heavy atom. The smallest absolute Gasteiger partial charge is 0.223 e. The number of rotatable bonds is 4. The Labute approximate surface area is 157 Å². The van der Waals surface area contributed by atoms with Crippen LogP contribution in [0.3, 0.4) is 0 Å². The highest BCUT2D eigenvalue weighted by molar-refractivity contribution is 5.79. The maximum absolute atomic E-state index is 12.6. The molecule has 1 aliphatic heterocycles. The molecule has 1 aromatic rings. The van der Waals surface area contributed by atoms with E-state index >= 15 is 0 Å². The lowest BCUT2D eigenvalue weighted by atomic mass is 9.84. The molecule has 26 heavy (non-hydrogen) atoms. The van der Waals surface area contributed by atoms with Crippen molar-refractivity contribution in [1.29, 1.82) is 0 Å². The minimum absolute atomic E-state index is 0.223. The summed E-state index contributed by atoms with van der Waals surface area (Å²) < 4.78 is 0. The van der Waals surface area contributed by atoms with E-state index < -0.39 is 0 Å². The van der Waals surface area contributed by atoms with Gasteiger partial charge < -0.3 is 15.5 Å². The van der Waals surface area contributed by atoms with E-state index in [0.29, 0.717) is 18.0 Å². The largest absolute Gasteiger partial charge is 0.366 e. The number of amides is 1. The number of benzene rings is 1. The molecule has 0 aromatic heterocycles. The van der Waals surface area contributed by atoms with E-state index in [1.165, 1.54) is 43.4 Å². The van der Waals surface area contributed by atoms with Crippen LogP contribution in [0.1, 0.15) is 63.4 Å². The Kier molecular flexibility index (Phi) is 5.47. The van der Waals surface area contributed by atoms with Crippen LogP contribution in [0.4, 0.5) is 0 Å². The Hall–Kier alpha value is -1.97. The SMILES string of the molecule is O=C(NC1CCCCC1)C1CCC(N2C=C(c3ccccc3)NC2)CC1. The first-order valence-corrected chi connectivity index (χ1v) is 10.4. The summed E-state index contributed by atoms with van der Waals surface area (Å²) in [5, 5.41) is 6.84. The lowest BCUT2D eigenvalue weighted by molar-refractivity contribution is -0.127. The zero-order valence-corrected chi connectivity index (χ0v) is 15.6. The van der Waals surface area contributed by atoms with Crippen LogP contribution in [0, 0.1) is 5.92 Å². The second-order valence-corrected chi connectivity index (χ2v) is 8.11. The first kappa shape index (κ1) is 17.4. The summed E-state index contributed by atoms with van der Waals surface area (Å²) in [5.41, 5.74) is 2.46. The van der Waals surface area contributed by atoms with Crippen LogP contribution in [-0.4, -0.2) is 29.6 Å². The molecule has 0 bridgehead atoms. The van der Waals surface area contributed by atoms with Crippen molar-refractivity contribution in [2.24, 2.45) is 5.92 Å². The van der Waals surface area contributed by atoms with Gasteiger partial charge >= 0.3 is 0 Å². The summed E-state index contributed by atoms with van der Waals surface area (Å²) in [6, 6.07) is 11.5. The first-order chi connectivity index (χ1) is 12.8. The van der Waals surface area contributed by atoms with Crippen molar-refractivity contribution >= 4 is 11.6 Å². The number of hydrogen-bond acceptors (Lipinski definition) is 3. The van der Waals surface area contributed by atoms with Crippen LogP contribution < -0.4 is 10.6 Å². The van der Waals surface area contributed by atoms with Gasteiger partial charge in [0.2, 0.25) is 5.91 Å². The zero-order chi connectivity index (χ0) is 17.8. The molecule has 1 aromatic carbocycles. The summed E-state index contributed by atoms with van der Waals surface area (Å²) in [7, 11) is 0. The van der Waals surface area contributed by atoms with Crippen LogP contribution in [0.2, 0.25) is 0 Å². The Morgan fingerprint density at radius 3 is 2.42 bits per heavy atom. The number of carbonyl (C=O) groups is 1. The zero-order valence-electron chi connectivity index (χ0n) is 15.6. The molecule has 0 saturated heterocycles. The summed E-state index contributed by atoms with van der Waals surface area (Å²) in [6.07, 6.45) is 12.8. The second-order valence-electron chi connectivity index (χ2n) is 8.11. The molecule has 4 heteroatoms. The van der Waals surface area contributed by atoms with Crippen molar-refractivity contribution < 1.29 is 4.79 Å². The molecule has 4 rings (SSSR count). The van der Waals surface area contributed by atoms with Crippen LogP contribution in [0.15, 0.2) is 36.5 Å². The predicted octanol–water partition coefficient (Wildman–Crippen LogP) is 3.86. The molecule has 0 spiro atoms. The fraction of sp³-hybridized carbons (Fsp3) is 0.591. The minimum Gasteiger partial charge on any atom is -0.366 e. The summed E-state index contributed by atoms with van der Waals surface area (Å²) in [4.78, 5) is 15.0. The average molecular weight is 354 g/mol. The lowest BCUT2D eigenvalue weighted by Crippen LogP contribution is -2.43. The van der Waals surface area contributed by atoms with Gasteiger partial charge in [-0.3, -0.25) is 4.79 Å². The van der Waals surface area contributed by atoms with Crippen molar-refractivity contribution in [3.05, 3.63) is 42.1 Å². The Morgan fingerprint density at radius 1 is 0.962 bits per heavy atom. The third kappa shape index (κ3) is 4.05. The van der Waals surface area contributed by atoms with Gasteiger partial charge in [0.05, 0.1) is 12.4 Å². The molecule has 1 heterocycles. The molecule has 0 atom stereocenters. The van der Waals surface area contributed by atoms with E-state index in [4.69, 9.17) is 0 Å². The van der Waals surface area contributed by atoms with Gasteiger partial charge in [-0.1, -0.05) is 49.6 Å². The third-order valence-corrected chi connectivity index (χ3v) is 6.32. The highest BCUT2D eigenvalue weighted by Crippen LogP contribution is 2.30. The standard InChI is InChI=1S/C22H31N3O/c26-22(24-19-9-5-2-6-10-19)18-11-13-20(14-12-18)25-15-21(23-16-25)17-7-3-1-4-8-17/h1,3-4,7-8,15,18-20,23H,2,5-6,9-14,16H2,(H,24,26). The van der Waals surface area contributed by atoms with Gasteiger partial charge in [0.15, 0.2) is 0 Å². The molecule has 2 N–H and O–H groups in total. The number of nitrogens with one attached hydrogen (secondary N) is 2. The van der Waals surface area contributed by atoms with Gasteiger partial charge in [0.1, 0.15) is 0 Å². The van der Waals surface area contributed by atoms with Gasteiger partial charge in [0.25, 0.3) is 0 Å². The van der Waals surface area contributed by atoms with Gasteiger partial charge in [0, 0.05) is 24.2 Å². The molecule has 0 unspecified atom stereocenters. The Balaban J connectivity index is 1.27. The molecule has 2 saturated carbocycles. The quantitative estimate of drug-likeness (QED) is 0.864. The van der Waals surface area contributed by atoms with Crippen molar-refractivity contribution in [2.45, 2.75) is 69.9 Å². The van der Waals surface area contributed by atoms with E-state index in [9.17, 15) is 4.79 Å². The first-order valence-electron chi connectivity index (χ1n) is 10.4. The summed E-state index contributed by atoms with van der Waals surface area (Å²) in [6.45, 7) is 0.883. The molecular weight excluding hydrogens is 322 g/mol. The predicted molar refractivity (Wildman–Crippen MR) is 105 cm³/mol. The third-order valence-electron chi connectivity index (χ3n) is 6.32. The topological polar surface area (TPSA) is 44.4 Å². The highest BCUT2D eigenvalue weighted by atomic mass is 16.1.